The largest absolute Gasteiger partial charge is 0.395 e. The number of halogens is 3. The van der Waals surface area contributed by atoms with Crippen molar-refractivity contribution < 1.29 is 32.3 Å². The molecule has 3 atom stereocenters. The predicted molar refractivity (Wildman–Crippen MR) is 123 cm³/mol. The van der Waals surface area contributed by atoms with Crippen molar-refractivity contribution in [3.05, 3.63) is 29.3 Å². The van der Waals surface area contributed by atoms with E-state index in [0.29, 0.717) is 5.69 Å². The zero-order chi connectivity index (χ0) is 25.8. The fourth-order valence-corrected chi connectivity index (χ4v) is 5.72. The first-order valence-electron chi connectivity index (χ1n) is 12.4. The van der Waals surface area contributed by atoms with Crippen molar-refractivity contribution in [3.8, 4) is 0 Å². The Morgan fingerprint density at radius 1 is 1.06 bits per heavy atom. The molecule has 0 bridgehead atoms. The van der Waals surface area contributed by atoms with Gasteiger partial charge in [0, 0.05) is 37.8 Å². The minimum atomic E-state index is -4.21. The molecular weight excluding hydrogens is 477 g/mol. The Balaban J connectivity index is 1.33. The summed E-state index contributed by atoms with van der Waals surface area (Å²) in [6.45, 7) is -0.0937. The van der Waals surface area contributed by atoms with Gasteiger partial charge in [0.1, 0.15) is 6.04 Å². The zero-order valence-electron chi connectivity index (χ0n) is 20.0. The second-order valence-corrected chi connectivity index (χ2v) is 10.4. The normalized spacial score (nSPS) is 27.7. The van der Waals surface area contributed by atoms with Gasteiger partial charge in [0.05, 0.1) is 16.5 Å². The first-order valence-corrected chi connectivity index (χ1v) is 12.4. The fourth-order valence-electron chi connectivity index (χ4n) is 5.72. The topological polar surface area (TPSA) is 98.8 Å². The Kier molecular flexibility index (Phi) is 6.09. The highest BCUT2D eigenvalue weighted by molar-refractivity contribution is 6.23. The van der Waals surface area contributed by atoms with E-state index in [4.69, 9.17) is 0 Å². The van der Waals surface area contributed by atoms with Gasteiger partial charge in [-0.15, -0.1) is 0 Å². The summed E-state index contributed by atoms with van der Waals surface area (Å²) in [5, 5.41) is 5.37. The maximum atomic E-state index is 13.4. The van der Waals surface area contributed by atoms with Crippen LogP contribution in [0.5, 0.6) is 0 Å². The van der Waals surface area contributed by atoms with Gasteiger partial charge in [-0.05, 0) is 50.3 Å². The molecule has 0 spiro atoms. The maximum Gasteiger partial charge on any atom is 0.395 e. The van der Waals surface area contributed by atoms with Crippen molar-refractivity contribution in [2.24, 2.45) is 5.41 Å². The number of carbonyl (C=O) groups excluding carboxylic acids is 4. The van der Waals surface area contributed by atoms with Gasteiger partial charge in [-0.1, -0.05) is 12.8 Å². The van der Waals surface area contributed by atoms with Crippen LogP contribution in [0.1, 0.15) is 72.1 Å². The number of fused-ring (bicyclic) bond motifs is 1. The monoisotopic (exact) mass is 506 g/mol. The van der Waals surface area contributed by atoms with Crippen molar-refractivity contribution in [2.45, 2.75) is 75.7 Å². The second kappa shape index (κ2) is 8.86. The highest BCUT2D eigenvalue weighted by Gasteiger charge is 2.63. The smallest absolute Gasteiger partial charge is 0.370 e. The van der Waals surface area contributed by atoms with E-state index >= 15 is 0 Å². The number of nitrogens with zero attached hydrogens (tertiary/aromatic N) is 2. The van der Waals surface area contributed by atoms with Gasteiger partial charge >= 0.3 is 6.18 Å². The quantitative estimate of drug-likeness (QED) is 0.576. The zero-order valence-corrected chi connectivity index (χ0v) is 20.0. The van der Waals surface area contributed by atoms with Crippen molar-refractivity contribution in [1.82, 2.24) is 15.5 Å². The van der Waals surface area contributed by atoms with E-state index in [9.17, 15) is 32.3 Å². The van der Waals surface area contributed by atoms with Crippen LogP contribution in [0.25, 0.3) is 0 Å². The summed E-state index contributed by atoms with van der Waals surface area (Å²) in [6, 6.07) is 3.66. The van der Waals surface area contributed by atoms with E-state index in [2.05, 4.69) is 10.6 Å². The molecule has 4 aliphatic rings. The number of nitrogens with one attached hydrogen (secondary N) is 2. The van der Waals surface area contributed by atoms with Crippen molar-refractivity contribution in [2.75, 3.05) is 18.5 Å². The number of alkyl halides is 3. The number of hydrogen-bond donors (Lipinski definition) is 2. The van der Waals surface area contributed by atoms with Gasteiger partial charge in [0.25, 0.3) is 11.8 Å². The van der Waals surface area contributed by atoms with Gasteiger partial charge in [-0.2, -0.15) is 13.2 Å². The van der Waals surface area contributed by atoms with E-state index < -0.39 is 41.3 Å². The summed E-state index contributed by atoms with van der Waals surface area (Å²) in [5.74, 6) is -2.26. The van der Waals surface area contributed by atoms with Crippen molar-refractivity contribution in [3.63, 3.8) is 0 Å². The lowest BCUT2D eigenvalue weighted by Crippen LogP contribution is -2.54. The number of rotatable bonds is 6. The molecule has 2 aliphatic heterocycles. The van der Waals surface area contributed by atoms with E-state index in [1.807, 2.05) is 11.9 Å². The lowest BCUT2D eigenvalue weighted by molar-refractivity contribution is -0.186. The number of carbonyl (C=O) groups is 4. The van der Waals surface area contributed by atoms with Crippen LogP contribution >= 0.6 is 0 Å². The Morgan fingerprint density at radius 2 is 1.75 bits per heavy atom. The van der Waals surface area contributed by atoms with E-state index in [1.165, 1.54) is 0 Å². The molecular formula is C25H29F3N4O4. The Bertz CT molecular complexity index is 1120. The Hall–Kier alpha value is -2.95. The number of amides is 4. The molecule has 5 rings (SSSR count). The van der Waals surface area contributed by atoms with E-state index in [0.717, 1.165) is 30.6 Å². The molecule has 36 heavy (non-hydrogen) atoms. The van der Waals surface area contributed by atoms with Crippen LogP contribution in [-0.4, -0.2) is 66.4 Å². The molecule has 2 aliphatic carbocycles. The Morgan fingerprint density at radius 3 is 2.42 bits per heavy atom. The van der Waals surface area contributed by atoms with Gasteiger partial charge in [0.2, 0.25) is 11.8 Å². The minimum Gasteiger partial charge on any atom is -0.370 e. The van der Waals surface area contributed by atoms with Crippen LogP contribution < -0.4 is 15.5 Å². The molecule has 0 aromatic heterocycles. The lowest BCUT2D eigenvalue weighted by atomic mass is 9.88. The predicted octanol–water partition coefficient (Wildman–Crippen LogP) is 2.77. The highest BCUT2D eigenvalue weighted by atomic mass is 19.4. The highest BCUT2D eigenvalue weighted by Crippen LogP contribution is 2.57. The Labute approximate surface area is 206 Å². The molecule has 3 fully saturated rings. The van der Waals surface area contributed by atoms with Gasteiger partial charge in [0.15, 0.2) is 0 Å². The van der Waals surface area contributed by atoms with Crippen LogP contribution in [0.4, 0.5) is 18.9 Å². The number of anilines is 1. The summed E-state index contributed by atoms with van der Waals surface area (Å²) in [4.78, 5) is 52.8. The van der Waals surface area contributed by atoms with Crippen LogP contribution in [0, 0.1) is 5.41 Å². The van der Waals surface area contributed by atoms with E-state index in [-0.39, 0.29) is 55.4 Å². The standard InChI is InChI=1S/C25H29F3N4O4/c1-31(18-5-3-2-4-17(18)29-13-24(10-11-24)25(26,27)28)14-6-7-15-16(12-14)23(36)32(22(15)35)19-8-9-20(33)30-21(19)34/h6-7,12,17-19,29H,2-5,8-11,13H2,1H3,(H,30,33,34). The third-order valence-electron chi connectivity index (χ3n) is 8.22. The van der Waals surface area contributed by atoms with Crippen LogP contribution in [-0.2, 0) is 9.59 Å². The third kappa shape index (κ3) is 4.16. The molecule has 0 radical (unpaired) electrons. The summed E-state index contributed by atoms with van der Waals surface area (Å²) in [6.07, 6.45) is -0.349. The average molecular weight is 507 g/mol. The number of benzene rings is 1. The number of piperidine rings is 1. The first-order chi connectivity index (χ1) is 17.0. The number of hydrogen-bond acceptors (Lipinski definition) is 6. The molecule has 3 unspecified atom stereocenters. The SMILES string of the molecule is CN(c1ccc2c(c1)C(=O)N(C1CCC(=O)NC1=O)C2=O)C1CCCCC1NCC1(C(F)(F)F)CC1. The fraction of sp³-hybridized carbons (Fsp3) is 0.600. The molecule has 1 aromatic rings. The summed E-state index contributed by atoms with van der Waals surface area (Å²) >= 11 is 0. The van der Waals surface area contributed by atoms with E-state index in [1.54, 1.807) is 18.2 Å². The molecule has 1 saturated heterocycles. The van der Waals surface area contributed by atoms with Crippen molar-refractivity contribution >= 4 is 29.3 Å². The molecule has 4 amide bonds. The molecule has 194 valence electrons. The first kappa shape index (κ1) is 24.7. The molecule has 8 nitrogen and oxygen atoms in total. The van der Waals surface area contributed by atoms with Crippen LogP contribution in [0.3, 0.4) is 0 Å². The summed E-state index contributed by atoms with van der Waals surface area (Å²) in [5.41, 5.74) is -0.562. The minimum absolute atomic E-state index is 0.0451. The van der Waals surface area contributed by atoms with Gasteiger partial charge in [-0.25, -0.2) is 0 Å². The third-order valence-corrected chi connectivity index (χ3v) is 8.22. The molecule has 2 N–H and O–H groups in total. The van der Waals surface area contributed by atoms with Gasteiger partial charge < -0.3 is 10.2 Å². The second-order valence-electron chi connectivity index (χ2n) is 10.4. The molecule has 1 aromatic carbocycles. The lowest BCUT2D eigenvalue weighted by Gasteiger charge is -2.40. The van der Waals surface area contributed by atoms with Crippen LogP contribution in [0.2, 0.25) is 0 Å². The van der Waals surface area contributed by atoms with Crippen molar-refractivity contribution in [1.29, 1.82) is 0 Å². The summed E-state index contributed by atoms with van der Waals surface area (Å²) < 4.78 is 40.3. The average Bonchev–Trinajstić information content (AvgIpc) is 3.60. The number of imide groups is 2. The molecule has 11 heteroatoms. The molecule has 2 heterocycles. The van der Waals surface area contributed by atoms with Crippen LogP contribution in [0.15, 0.2) is 18.2 Å². The summed E-state index contributed by atoms with van der Waals surface area (Å²) in [7, 11) is 1.85. The van der Waals surface area contributed by atoms with Gasteiger partial charge in [-0.3, -0.25) is 29.4 Å². The number of likely N-dealkylation sites (N-methyl/N-ethyl adjacent to an activating group) is 1. The molecule has 2 saturated carbocycles. The maximum absolute atomic E-state index is 13.4.